The largest absolute Gasteiger partial charge is 0.497 e. The summed E-state index contributed by atoms with van der Waals surface area (Å²) in [6, 6.07) is 7.33. The van der Waals surface area contributed by atoms with Crippen LogP contribution in [0.25, 0.3) is 5.69 Å². The lowest BCUT2D eigenvalue weighted by Crippen LogP contribution is -2.22. The molecule has 0 saturated heterocycles. The van der Waals surface area contributed by atoms with E-state index in [0.717, 1.165) is 28.5 Å². The fourth-order valence-electron chi connectivity index (χ4n) is 2.13. The number of nitrogens with zero attached hydrogens (tertiary/aromatic N) is 1. The van der Waals surface area contributed by atoms with Gasteiger partial charge in [-0.25, -0.2) is 0 Å². The molecule has 0 amide bonds. The number of thioether (sulfide) groups is 1. The number of aromatic nitrogens is 2. The van der Waals surface area contributed by atoms with E-state index in [1.165, 1.54) is 4.57 Å². The Morgan fingerprint density at radius 1 is 1.47 bits per heavy atom. The molecule has 1 aromatic heterocycles. The second-order valence-corrected chi connectivity index (χ2v) is 5.67. The van der Waals surface area contributed by atoms with E-state index in [2.05, 4.69) is 4.98 Å². The van der Waals surface area contributed by atoms with E-state index < -0.39 is 0 Å². The zero-order chi connectivity index (χ0) is 13.4. The molecule has 19 heavy (non-hydrogen) atoms. The summed E-state index contributed by atoms with van der Waals surface area (Å²) in [6.07, 6.45) is 0.873. The number of fused-ring (bicyclic) bond motifs is 1. The van der Waals surface area contributed by atoms with Gasteiger partial charge in [0.2, 0.25) is 0 Å². The van der Waals surface area contributed by atoms with Gasteiger partial charge >= 0.3 is 0 Å². The minimum Gasteiger partial charge on any atom is -0.497 e. The van der Waals surface area contributed by atoms with Gasteiger partial charge in [-0.1, -0.05) is 6.07 Å². The highest BCUT2D eigenvalue weighted by molar-refractivity contribution is 7.99. The van der Waals surface area contributed by atoms with Crippen LogP contribution >= 0.6 is 24.0 Å². The molecule has 3 rings (SSSR count). The van der Waals surface area contributed by atoms with Gasteiger partial charge in [0, 0.05) is 17.5 Å². The summed E-state index contributed by atoms with van der Waals surface area (Å²) >= 11 is 6.88. The topological polar surface area (TPSA) is 47.0 Å². The number of benzene rings is 1. The number of aromatic amines is 1. The van der Waals surface area contributed by atoms with E-state index in [1.807, 2.05) is 18.2 Å². The van der Waals surface area contributed by atoms with Crippen LogP contribution in [-0.4, -0.2) is 22.4 Å². The Labute approximate surface area is 119 Å². The van der Waals surface area contributed by atoms with Gasteiger partial charge in [0.05, 0.1) is 17.7 Å². The molecule has 0 unspecified atom stereocenters. The maximum Gasteiger partial charge on any atom is 0.272 e. The average Bonchev–Trinajstić information content (AvgIpc) is 2.87. The number of rotatable bonds is 2. The van der Waals surface area contributed by atoms with Crippen molar-refractivity contribution in [2.45, 2.75) is 11.3 Å². The third-order valence-electron chi connectivity index (χ3n) is 3.04. The van der Waals surface area contributed by atoms with Crippen molar-refractivity contribution in [1.82, 2.24) is 9.55 Å². The lowest BCUT2D eigenvalue weighted by molar-refractivity contribution is 0.414. The highest BCUT2D eigenvalue weighted by Gasteiger charge is 2.19. The second-order valence-electron chi connectivity index (χ2n) is 4.18. The van der Waals surface area contributed by atoms with Crippen LogP contribution in [0.4, 0.5) is 0 Å². The summed E-state index contributed by atoms with van der Waals surface area (Å²) in [5.41, 5.74) is 1.63. The van der Waals surface area contributed by atoms with Crippen LogP contribution < -0.4 is 10.3 Å². The summed E-state index contributed by atoms with van der Waals surface area (Å²) in [4.78, 5) is 16.4. The Bertz CT molecular complexity index is 749. The molecule has 1 aliphatic rings. The van der Waals surface area contributed by atoms with Crippen molar-refractivity contribution < 1.29 is 4.74 Å². The van der Waals surface area contributed by atoms with E-state index in [1.54, 1.807) is 24.9 Å². The van der Waals surface area contributed by atoms with Crippen LogP contribution in [0.1, 0.15) is 5.69 Å². The minimum atomic E-state index is -0.0468. The van der Waals surface area contributed by atoms with Crippen molar-refractivity contribution in [3.63, 3.8) is 0 Å². The van der Waals surface area contributed by atoms with Crippen LogP contribution in [0.3, 0.4) is 0 Å². The van der Waals surface area contributed by atoms with Gasteiger partial charge in [0.15, 0.2) is 4.77 Å². The third kappa shape index (κ3) is 2.11. The number of nitrogens with one attached hydrogen (secondary N) is 1. The molecule has 1 N–H and O–H groups in total. The predicted octanol–water partition coefficient (Wildman–Crippen LogP) is 2.55. The zero-order valence-electron chi connectivity index (χ0n) is 10.3. The molecule has 2 aromatic rings. The van der Waals surface area contributed by atoms with Gasteiger partial charge in [-0.15, -0.1) is 11.8 Å². The Balaban J connectivity index is 2.26. The number of hydrogen-bond acceptors (Lipinski definition) is 4. The molecule has 0 radical (unpaired) electrons. The molecule has 4 nitrogen and oxygen atoms in total. The van der Waals surface area contributed by atoms with Crippen LogP contribution in [0, 0.1) is 4.77 Å². The summed E-state index contributed by atoms with van der Waals surface area (Å²) in [5, 5.41) is 0. The summed E-state index contributed by atoms with van der Waals surface area (Å²) in [5.74, 6) is 1.63. The first-order valence-corrected chi connectivity index (χ1v) is 7.25. The highest BCUT2D eigenvalue weighted by Crippen LogP contribution is 2.27. The SMILES string of the molecule is COc1cccc(-n2c(=S)[nH]c3c(c2=O)SCC3)c1. The van der Waals surface area contributed by atoms with Crippen LogP contribution in [0.15, 0.2) is 34.0 Å². The number of ether oxygens (including phenoxy) is 1. The molecule has 1 aliphatic heterocycles. The van der Waals surface area contributed by atoms with E-state index in [9.17, 15) is 4.79 Å². The van der Waals surface area contributed by atoms with Gasteiger partial charge in [0.25, 0.3) is 5.56 Å². The number of hydrogen-bond donors (Lipinski definition) is 1. The molecule has 2 heterocycles. The first-order chi connectivity index (χ1) is 9.20. The molecule has 98 valence electrons. The number of H-pyrrole nitrogens is 1. The third-order valence-corrected chi connectivity index (χ3v) is 4.44. The van der Waals surface area contributed by atoms with Crippen molar-refractivity contribution in [1.29, 1.82) is 0 Å². The van der Waals surface area contributed by atoms with Crippen molar-refractivity contribution in [3.8, 4) is 11.4 Å². The van der Waals surface area contributed by atoms with Crippen LogP contribution in [0.2, 0.25) is 0 Å². The molecule has 1 aromatic carbocycles. The standard InChI is InChI=1S/C13H12N2O2S2/c1-17-9-4-2-3-8(7-9)15-12(16)11-10(5-6-19-11)14-13(15)18/h2-4,7H,5-6H2,1H3,(H,14,18). The van der Waals surface area contributed by atoms with Crippen molar-refractivity contribution in [3.05, 3.63) is 45.1 Å². The lowest BCUT2D eigenvalue weighted by atomic mass is 10.3. The van der Waals surface area contributed by atoms with Gasteiger partial charge in [-0.2, -0.15) is 0 Å². The molecule has 0 fully saturated rings. The molecule has 0 bridgehead atoms. The van der Waals surface area contributed by atoms with Gasteiger partial charge < -0.3 is 9.72 Å². The van der Waals surface area contributed by atoms with E-state index in [-0.39, 0.29) is 5.56 Å². The maximum absolute atomic E-state index is 12.5. The predicted molar refractivity (Wildman–Crippen MR) is 78.2 cm³/mol. The van der Waals surface area contributed by atoms with Crippen LogP contribution in [0.5, 0.6) is 5.75 Å². The highest BCUT2D eigenvalue weighted by atomic mass is 32.2. The van der Waals surface area contributed by atoms with Crippen molar-refractivity contribution in [2.75, 3.05) is 12.9 Å². The van der Waals surface area contributed by atoms with E-state index in [4.69, 9.17) is 17.0 Å². The summed E-state index contributed by atoms with van der Waals surface area (Å²) < 4.78 is 7.14. The first kappa shape index (κ1) is 12.5. The Kier molecular flexibility index (Phi) is 3.20. The van der Waals surface area contributed by atoms with Crippen molar-refractivity contribution >= 4 is 24.0 Å². The first-order valence-electron chi connectivity index (χ1n) is 5.86. The Morgan fingerprint density at radius 2 is 2.32 bits per heavy atom. The van der Waals surface area contributed by atoms with Gasteiger partial charge in [-0.05, 0) is 30.8 Å². The lowest BCUT2D eigenvalue weighted by Gasteiger charge is -2.09. The Morgan fingerprint density at radius 3 is 3.11 bits per heavy atom. The smallest absolute Gasteiger partial charge is 0.272 e. The summed E-state index contributed by atoms with van der Waals surface area (Å²) in [7, 11) is 1.60. The van der Waals surface area contributed by atoms with E-state index in [0.29, 0.717) is 10.5 Å². The normalized spacial score (nSPS) is 13.3. The zero-order valence-corrected chi connectivity index (χ0v) is 11.9. The van der Waals surface area contributed by atoms with Gasteiger partial charge in [-0.3, -0.25) is 9.36 Å². The average molecular weight is 292 g/mol. The summed E-state index contributed by atoms with van der Waals surface area (Å²) in [6.45, 7) is 0. The fraction of sp³-hybridized carbons (Fsp3) is 0.231. The quantitative estimate of drug-likeness (QED) is 0.864. The molecular formula is C13H12N2O2S2. The molecule has 6 heteroatoms. The van der Waals surface area contributed by atoms with Crippen molar-refractivity contribution in [2.24, 2.45) is 0 Å². The monoisotopic (exact) mass is 292 g/mol. The maximum atomic E-state index is 12.5. The van der Waals surface area contributed by atoms with Gasteiger partial charge in [0.1, 0.15) is 5.75 Å². The fourth-order valence-corrected chi connectivity index (χ4v) is 3.49. The second kappa shape index (κ2) is 4.86. The molecule has 0 saturated carbocycles. The van der Waals surface area contributed by atoms with Crippen LogP contribution in [-0.2, 0) is 6.42 Å². The Hall–Kier alpha value is -1.53. The number of methoxy groups -OCH3 is 1. The number of aryl methyl sites for hydroxylation is 1. The molecule has 0 aliphatic carbocycles. The molecule has 0 atom stereocenters. The van der Waals surface area contributed by atoms with E-state index >= 15 is 0 Å². The molecule has 0 spiro atoms. The minimum absolute atomic E-state index is 0.0468. The molecular weight excluding hydrogens is 280 g/mol.